The van der Waals surface area contributed by atoms with Gasteiger partial charge in [0.05, 0.1) is 5.41 Å². The summed E-state index contributed by atoms with van der Waals surface area (Å²) in [6.07, 6.45) is 9.01. The molecular weight excluding hydrogens is 688 g/mol. The first-order chi connectivity index (χ1) is 25.2. The molecule has 7 rings (SSSR count). The number of H-pyrrole nitrogens is 1. The number of hydrogen-bond donors (Lipinski definition) is 3. The van der Waals surface area contributed by atoms with Crippen LogP contribution in [0.25, 0.3) is 0 Å². The molecule has 4 saturated carbocycles. The van der Waals surface area contributed by atoms with Gasteiger partial charge in [0.25, 0.3) is 5.56 Å². The first-order valence-electron chi connectivity index (χ1n) is 20.6. The minimum Gasteiger partial charge on any atom is -0.462 e. The van der Waals surface area contributed by atoms with Gasteiger partial charge in [-0.3, -0.25) is 23.9 Å². The molecule has 6 aliphatic rings. The Labute approximate surface area is 319 Å². The van der Waals surface area contributed by atoms with Gasteiger partial charge in [-0.25, -0.2) is 4.79 Å². The molecule has 11 heteroatoms. The van der Waals surface area contributed by atoms with Crippen molar-refractivity contribution in [3.05, 3.63) is 44.8 Å². The van der Waals surface area contributed by atoms with Crippen molar-refractivity contribution in [1.29, 1.82) is 0 Å². The monoisotopic (exact) mass is 752 g/mol. The summed E-state index contributed by atoms with van der Waals surface area (Å²) in [4.78, 5) is 53.4. The summed E-state index contributed by atoms with van der Waals surface area (Å²) in [7, 11) is 0. The summed E-state index contributed by atoms with van der Waals surface area (Å²) >= 11 is 0. The molecule has 1 aromatic rings. The number of rotatable bonds is 7. The fraction of sp³-hybridized carbons (Fsp3) is 0.814. The van der Waals surface area contributed by atoms with E-state index in [9.17, 15) is 29.4 Å². The molecule has 5 aliphatic carbocycles. The van der Waals surface area contributed by atoms with Crippen molar-refractivity contribution in [3.63, 3.8) is 0 Å². The number of carbonyl (C=O) groups is 2. The summed E-state index contributed by atoms with van der Waals surface area (Å²) < 4.78 is 19.2. The van der Waals surface area contributed by atoms with E-state index in [-0.39, 0.29) is 57.6 Å². The highest BCUT2D eigenvalue weighted by molar-refractivity contribution is 5.79. The normalized spacial score (nSPS) is 43.4. The second kappa shape index (κ2) is 13.4. The second-order valence-corrected chi connectivity index (χ2v) is 20.1. The van der Waals surface area contributed by atoms with Crippen molar-refractivity contribution in [3.8, 4) is 0 Å². The number of esters is 2. The summed E-state index contributed by atoms with van der Waals surface area (Å²) in [6.45, 7) is 18.6. The lowest BCUT2D eigenvalue weighted by Gasteiger charge is -2.71. The van der Waals surface area contributed by atoms with Gasteiger partial charge in [0.2, 0.25) is 0 Å². The second-order valence-electron chi connectivity index (χ2n) is 20.1. The summed E-state index contributed by atoms with van der Waals surface area (Å²) in [5.74, 6) is 0.578. The third-order valence-corrected chi connectivity index (χ3v) is 16.6. The number of aliphatic hydroxyl groups excluding tert-OH is 2. The Kier molecular flexibility index (Phi) is 9.82. The van der Waals surface area contributed by atoms with Crippen LogP contribution >= 0.6 is 0 Å². The van der Waals surface area contributed by atoms with E-state index in [0.29, 0.717) is 18.3 Å². The predicted octanol–water partition coefficient (Wildman–Crippen LogP) is 6.21. The van der Waals surface area contributed by atoms with Crippen LogP contribution in [-0.2, 0) is 23.8 Å². The van der Waals surface area contributed by atoms with Crippen molar-refractivity contribution in [2.75, 3.05) is 6.61 Å². The number of aromatic nitrogens is 2. The lowest BCUT2D eigenvalue weighted by molar-refractivity contribution is -0.214. The molecule has 1 saturated heterocycles. The van der Waals surface area contributed by atoms with Crippen molar-refractivity contribution < 1.29 is 34.0 Å². The Balaban J connectivity index is 1.14. The molecular formula is C43H64N2O9. The van der Waals surface area contributed by atoms with E-state index in [0.717, 1.165) is 81.3 Å². The van der Waals surface area contributed by atoms with Gasteiger partial charge >= 0.3 is 17.6 Å². The van der Waals surface area contributed by atoms with E-state index in [1.165, 1.54) is 11.8 Å². The maximum Gasteiger partial charge on any atom is 0.330 e. The van der Waals surface area contributed by atoms with Gasteiger partial charge in [-0.2, -0.15) is 0 Å². The summed E-state index contributed by atoms with van der Waals surface area (Å²) in [5.41, 5.74) is -0.656. The fourth-order valence-corrected chi connectivity index (χ4v) is 13.2. The Hall–Kier alpha value is -2.76. The van der Waals surface area contributed by atoms with E-state index in [1.54, 1.807) is 0 Å². The van der Waals surface area contributed by atoms with Crippen molar-refractivity contribution in [2.45, 2.75) is 163 Å². The number of aliphatic hydroxyl groups is 2. The van der Waals surface area contributed by atoms with E-state index in [1.807, 2.05) is 6.92 Å². The van der Waals surface area contributed by atoms with E-state index >= 15 is 0 Å². The number of fused-ring (bicyclic) bond motifs is 7. The zero-order valence-electron chi connectivity index (χ0n) is 33.7. The first kappa shape index (κ1) is 39.5. The minimum absolute atomic E-state index is 0.0217. The molecule has 1 unspecified atom stereocenters. The maximum atomic E-state index is 14.6. The van der Waals surface area contributed by atoms with Crippen LogP contribution < -0.4 is 11.2 Å². The number of allylic oxidation sites excluding steroid dienone is 2. The molecule has 300 valence electrons. The van der Waals surface area contributed by atoms with Crippen LogP contribution in [0, 0.1) is 50.2 Å². The van der Waals surface area contributed by atoms with Crippen LogP contribution in [0.4, 0.5) is 0 Å². The van der Waals surface area contributed by atoms with Gasteiger partial charge in [-0.05, 0) is 110 Å². The minimum atomic E-state index is -1.45. The Morgan fingerprint density at radius 3 is 2.37 bits per heavy atom. The van der Waals surface area contributed by atoms with Crippen LogP contribution in [0.15, 0.2) is 33.5 Å². The largest absolute Gasteiger partial charge is 0.462 e. The Morgan fingerprint density at radius 1 is 0.944 bits per heavy atom. The summed E-state index contributed by atoms with van der Waals surface area (Å²) in [6, 6.07) is 1.14. The smallest absolute Gasteiger partial charge is 0.330 e. The topological polar surface area (TPSA) is 157 Å². The van der Waals surface area contributed by atoms with Crippen LogP contribution in [-0.4, -0.2) is 62.7 Å². The SMILES string of the molecule is CCCC(=O)O[C@H]1CC[C@@]2(C)C(CC[C@]3(C)[C@@H]2CC=C2[C@@H]4CC(C)(C)CC[C@]4(C(=O)OC[C@H]4O[C@@H](n5ccc(=O)[nH]c5=O)[C@H](O)[C@@H]4O)CC[C@]23C)C1(C)C. The molecule has 1 aliphatic heterocycles. The van der Waals surface area contributed by atoms with Gasteiger partial charge in [-0.1, -0.05) is 67.0 Å². The highest BCUT2D eigenvalue weighted by Crippen LogP contribution is 2.76. The quantitative estimate of drug-likeness (QED) is 0.218. The Bertz CT molecular complexity index is 1800. The molecule has 0 amide bonds. The van der Waals surface area contributed by atoms with Gasteiger partial charge in [-0.15, -0.1) is 0 Å². The average molecular weight is 753 g/mol. The third-order valence-electron chi connectivity index (χ3n) is 16.6. The van der Waals surface area contributed by atoms with Crippen molar-refractivity contribution in [2.24, 2.45) is 50.2 Å². The maximum absolute atomic E-state index is 14.6. The average Bonchev–Trinajstić information content (AvgIpc) is 3.37. The molecule has 3 N–H and O–H groups in total. The Morgan fingerprint density at radius 2 is 1.67 bits per heavy atom. The molecule has 12 atom stereocenters. The van der Waals surface area contributed by atoms with E-state index < -0.39 is 41.2 Å². The van der Waals surface area contributed by atoms with Crippen LogP contribution in [0.3, 0.4) is 0 Å². The number of hydrogen-bond acceptors (Lipinski definition) is 9. The zero-order chi connectivity index (χ0) is 39.2. The van der Waals surface area contributed by atoms with Crippen LogP contribution in [0.1, 0.15) is 139 Å². The van der Waals surface area contributed by atoms with Gasteiger partial charge in [0.15, 0.2) is 6.23 Å². The number of ether oxygens (including phenoxy) is 3. The predicted molar refractivity (Wildman–Crippen MR) is 202 cm³/mol. The molecule has 0 radical (unpaired) electrons. The molecule has 54 heavy (non-hydrogen) atoms. The van der Waals surface area contributed by atoms with Gasteiger partial charge in [0, 0.05) is 24.1 Å². The van der Waals surface area contributed by atoms with Crippen LogP contribution in [0.5, 0.6) is 0 Å². The molecule has 0 aromatic carbocycles. The fourth-order valence-electron chi connectivity index (χ4n) is 13.2. The van der Waals surface area contributed by atoms with Crippen molar-refractivity contribution in [1.82, 2.24) is 9.55 Å². The lowest BCUT2D eigenvalue weighted by Crippen LogP contribution is -2.65. The standard InChI is InChI=1S/C43H64N2O9/c1-9-10-32(47)54-30-14-16-40(6)28(39(30,4)5)13-17-42(8)29(40)12-11-25-26-23-38(2,3)18-20-43(26,21-19-41(25,42)7)36(50)52-24-27-33(48)34(49)35(53-27)45-22-15-31(46)44-37(45)51/h11,15,22,26-30,33-35,48-49H,9-10,12-14,16-21,23-24H2,1-8H3,(H,44,46,51)/t26-,27+,28?,29+,30-,33+,34+,35+,40-,41+,42+,43-/m0/s1. The zero-order valence-corrected chi connectivity index (χ0v) is 33.7. The van der Waals surface area contributed by atoms with Crippen LogP contribution in [0.2, 0.25) is 0 Å². The highest BCUT2D eigenvalue weighted by atomic mass is 16.6. The molecule has 0 spiro atoms. The lowest BCUT2D eigenvalue weighted by atomic mass is 9.33. The van der Waals surface area contributed by atoms with E-state index in [2.05, 4.69) is 59.5 Å². The summed E-state index contributed by atoms with van der Waals surface area (Å²) in [5, 5.41) is 21.7. The number of nitrogens with zero attached hydrogens (tertiary/aromatic N) is 1. The van der Waals surface area contributed by atoms with Gasteiger partial charge < -0.3 is 24.4 Å². The molecule has 11 nitrogen and oxygen atoms in total. The first-order valence-corrected chi connectivity index (χ1v) is 20.6. The molecule has 0 bridgehead atoms. The number of aromatic amines is 1. The third kappa shape index (κ3) is 5.91. The van der Waals surface area contributed by atoms with Gasteiger partial charge in [0.1, 0.15) is 31.0 Å². The number of nitrogens with one attached hydrogen (secondary N) is 1. The van der Waals surface area contributed by atoms with Crippen molar-refractivity contribution >= 4 is 11.9 Å². The highest BCUT2D eigenvalue weighted by Gasteiger charge is 2.69. The molecule has 5 fully saturated rings. The molecule has 2 heterocycles. The number of carbonyl (C=O) groups excluding carboxylic acids is 2. The van der Waals surface area contributed by atoms with E-state index in [4.69, 9.17) is 14.2 Å². The molecule has 1 aromatic heterocycles.